The van der Waals surface area contributed by atoms with Crippen molar-refractivity contribution in [3.8, 4) is 12.3 Å². The van der Waals surface area contributed by atoms with Gasteiger partial charge in [0.25, 0.3) is 0 Å². The molecule has 0 saturated carbocycles. The van der Waals surface area contributed by atoms with E-state index in [0.29, 0.717) is 6.54 Å². The number of aromatic amines is 1. The fraction of sp³-hybridized carbons (Fsp3) is 0.286. The van der Waals surface area contributed by atoms with Crippen molar-refractivity contribution < 1.29 is 0 Å². The summed E-state index contributed by atoms with van der Waals surface area (Å²) in [6.07, 6.45) is 8.48. The Morgan fingerprint density at radius 2 is 2.33 bits per heavy atom. The Labute approximate surface area is 84.0 Å². The van der Waals surface area contributed by atoms with Gasteiger partial charge >= 0.3 is 0 Å². The standard InChI is InChI=1S/C7H9N3.2ClH/c1-2-6(3-8)7-4-9-5-10-7;;/h1,4-6H,3,8H2,(H,9,10);2*1H. The summed E-state index contributed by atoms with van der Waals surface area (Å²) in [5, 5.41) is 0. The zero-order valence-electron chi connectivity index (χ0n) is 6.36. The molecule has 1 unspecified atom stereocenters. The number of nitrogens with zero attached hydrogens (tertiary/aromatic N) is 1. The SMILES string of the molecule is C#CC(CN)c1cnc[nH]1.Cl.Cl. The number of aromatic nitrogens is 2. The first-order chi connectivity index (χ1) is 4.88. The lowest BCUT2D eigenvalue weighted by molar-refractivity contribution is 0.847. The average Bonchev–Trinajstić information content (AvgIpc) is 2.43. The highest BCUT2D eigenvalue weighted by atomic mass is 35.5. The second-order valence-corrected chi connectivity index (χ2v) is 1.96. The Balaban J connectivity index is 0. The first kappa shape index (κ1) is 13.9. The molecule has 0 saturated heterocycles. The van der Waals surface area contributed by atoms with Gasteiger partial charge in [0, 0.05) is 12.7 Å². The van der Waals surface area contributed by atoms with Crippen LogP contribution in [-0.4, -0.2) is 16.5 Å². The maximum Gasteiger partial charge on any atom is 0.0922 e. The molecule has 0 aromatic carbocycles. The Kier molecular flexibility index (Phi) is 8.07. The zero-order chi connectivity index (χ0) is 7.40. The quantitative estimate of drug-likeness (QED) is 0.710. The lowest BCUT2D eigenvalue weighted by atomic mass is 10.1. The molecular formula is C7H11Cl2N3. The predicted octanol–water partition coefficient (Wildman–Crippen LogP) is 0.929. The lowest BCUT2D eigenvalue weighted by Gasteiger charge is -2.01. The van der Waals surface area contributed by atoms with Crippen molar-refractivity contribution in [2.24, 2.45) is 5.73 Å². The first-order valence-electron chi connectivity index (χ1n) is 3.03. The highest BCUT2D eigenvalue weighted by molar-refractivity contribution is 5.85. The largest absolute Gasteiger partial charge is 0.347 e. The number of imidazole rings is 1. The van der Waals surface area contributed by atoms with Crippen LogP contribution < -0.4 is 5.73 Å². The smallest absolute Gasteiger partial charge is 0.0922 e. The summed E-state index contributed by atoms with van der Waals surface area (Å²) in [6.45, 7) is 0.457. The number of H-pyrrole nitrogens is 1. The van der Waals surface area contributed by atoms with Crippen LogP contribution in [0.4, 0.5) is 0 Å². The molecule has 0 bridgehead atoms. The number of hydrogen-bond acceptors (Lipinski definition) is 2. The molecule has 1 aromatic rings. The summed E-state index contributed by atoms with van der Waals surface area (Å²) in [4.78, 5) is 6.74. The van der Waals surface area contributed by atoms with Gasteiger partial charge < -0.3 is 10.7 Å². The molecule has 0 spiro atoms. The fourth-order valence-corrected chi connectivity index (χ4v) is 0.742. The molecule has 1 heterocycles. The molecule has 1 rings (SSSR count). The van der Waals surface area contributed by atoms with Crippen molar-refractivity contribution >= 4 is 24.8 Å². The van der Waals surface area contributed by atoms with E-state index in [2.05, 4.69) is 15.9 Å². The molecule has 1 aromatic heterocycles. The molecule has 3 nitrogen and oxygen atoms in total. The van der Waals surface area contributed by atoms with E-state index >= 15 is 0 Å². The summed E-state index contributed by atoms with van der Waals surface area (Å²) < 4.78 is 0. The van der Waals surface area contributed by atoms with E-state index in [0.717, 1.165) is 5.69 Å². The fourth-order valence-electron chi connectivity index (χ4n) is 0.742. The zero-order valence-corrected chi connectivity index (χ0v) is 7.99. The van der Waals surface area contributed by atoms with Gasteiger partial charge in [-0.2, -0.15) is 0 Å². The van der Waals surface area contributed by atoms with Crippen LogP contribution in [0, 0.1) is 12.3 Å². The van der Waals surface area contributed by atoms with Crippen molar-refractivity contribution in [3.63, 3.8) is 0 Å². The van der Waals surface area contributed by atoms with Crippen LogP contribution in [0.3, 0.4) is 0 Å². The van der Waals surface area contributed by atoms with E-state index in [1.807, 2.05) is 0 Å². The van der Waals surface area contributed by atoms with Crippen LogP contribution >= 0.6 is 24.8 Å². The molecule has 0 radical (unpaired) electrons. The summed E-state index contributed by atoms with van der Waals surface area (Å²) in [5.74, 6) is 2.53. The van der Waals surface area contributed by atoms with Gasteiger partial charge in [-0.25, -0.2) is 4.98 Å². The summed E-state index contributed by atoms with van der Waals surface area (Å²) in [7, 11) is 0. The van der Waals surface area contributed by atoms with E-state index < -0.39 is 0 Å². The molecule has 0 aliphatic heterocycles. The van der Waals surface area contributed by atoms with Crippen molar-refractivity contribution in [2.75, 3.05) is 6.54 Å². The van der Waals surface area contributed by atoms with Gasteiger partial charge in [0.2, 0.25) is 0 Å². The molecule has 0 amide bonds. The van der Waals surface area contributed by atoms with E-state index in [1.54, 1.807) is 12.5 Å². The molecule has 12 heavy (non-hydrogen) atoms. The Morgan fingerprint density at radius 1 is 1.67 bits per heavy atom. The molecule has 0 fully saturated rings. The van der Waals surface area contributed by atoms with Crippen molar-refractivity contribution in [1.29, 1.82) is 0 Å². The number of hydrogen-bond donors (Lipinski definition) is 2. The lowest BCUT2D eigenvalue weighted by Crippen LogP contribution is -2.10. The van der Waals surface area contributed by atoms with Crippen LogP contribution in [0.5, 0.6) is 0 Å². The van der Waals surface area contributed by atoms with Gasteiger partial charge in [0.15, 0.2) is 0 Å². The van der Waals surface area contributed by atoms with Crippen LogP contribution in [-0.2, 0) is 0 Å². The summed E-state index contributed by atoms with van der Waals surface area (Å²) in [6, 6.07) is 0. The number of nitrogens with one attached hydrogen (secondary N) is 1. The minimum atomic E-state index is -0.0255. The minimum absolute atomic E-state index is 0. The van der Waals surface area contributed by atoms with E-state index in [-0.39, 0.29) is 30.7 Å². The van der Waals surface area contributed by atoms with Gasteiger partial charge in [0.1, 0.15) is 0 Å². The maximum absolute atomic E-state index is 5.38. The topological polar surface area (TPSA) is 54.7 Å². The highest BCUT2D eigenvalue weighted by Crippen LogP contribution is 2.07. The molecule has 0 aliphatic rings. The second-order valence-electron chi connectivity index (χ2n) is 1.96. The second kappa shape index (κ2) is 6.99. The number of nitrogens with two attached hydrogens (primary N) is 1. The molecule has 5 heteroatoms. The third kappa shape index (κ3) is 3.14. The van der Waals surface area contributed by atoms with Gasteiger partial charge in [-0.15, -0.1) is 31.2 Å². The van der Waals surface area contributed by atoms with Crippen molar-refractivity contribution in [2.45, 2.75) is 5.92 Å². The Bertz CT molecular complexity index is 227. The monoisotopic (exact) mass is 207 g/mol. The average molecular weight is 208 g/mol. The highest BCUT2D eigenvalue weighted by Gasteiger charge is 2.05. The van der Waals surface area contributed by atoms with Gasteiger partial charge in [0.05, 0.1) is 17.9 Å². The first-order valence-corrected chi connectivity index (χ1v) is 3.03. The molecule has 3 N–H and O–H groups in total. The van der Waals surface area contributed by atoms with Crippen LogP contribution in [0.1, 0.15) is 11.6 Å². The summed E-state index contributed by atoms with van der Waals surface area (Å²) >= 11 is 0. The van der Waals surface area contributed by atoms with Gasteiger partial charge in [-0.05, 0) is 0 Å². The normalized spacial score (nSPS) is 10.3. The molecule has 0 aliphatic carbocycles. The number of terminal acetylenes is 1. The van der Waals surface area contributed by atoms with Crippen molar-refractivity contribution in [1.82, 2.24) is 9.97 Å². The number of halogens is 2. The third-order valence-electron chi connectivity index (χ3n) is 1.33. The van der Waals surface area contributed by atoms with E-state index in [1.165, 1.54) is 0 Å². The van der Waals surface area contributed by atoms with Crippen molar-refractivity contribution in [3.05, 3.63) is 18.2 Å². The van der Waals surface area contributed by atoms with Crippen LogP contribution in [0.15, 0.2) is 12.5 Å². The van der Waals surface area contributed by atoms with E-state index in [9.17, 15) is 0 Å². The molecule has 1 atom stereocenters. The van der Waals surface area contributed by atoms with Crippen LogP contribution in [0.2, 0.25) is 0 Å². The predicted molar refractivity (Wildman–Crippen MR) is 53.7 cm³/mol. The minimum Gasteiger partial charge on any atom is -0.347 e. The Hall–Kier alpha value is -0.690. The third-order valence-corrected chi connectivity index (χ3v) is 1.33. The van der Waals surface area contributed by atoms with Gasteiger partial charge in [-0.3, -0.25) is 0 Å². The summed E-state index contributed by atoms with van der Waals surface area (Å²) in [5.41, 5.74) is 6.29. The maximum atomic E-state index is 5.38. The Morgan fingerprint density at radius 3 is 2.67 bits per heavy atom. The van der Waals surface area contributed by atoms with Crippen LogP contribution in [0.25, 0.3) is 0 Å². The molecule has 68 valence electrons. The van der Waals surface area contributed by atoms with E-state index in [4.69, 9.17) is 12.2 Å². The van der Waals surface area contributed by atoms with Gasteiger partial charge in [-0.1, -0.05) is 5.92 Å². The number of rotatable bonds is 2. The molecular weight excluding hydrogens is 197 g/mol.